The quantitative estimate of drug-likeness (QED) is 0.172. The lowest BCUT2D eigenvalue weighted by atomic mass is 9.88. The summed E-state index contributed by atoms with van der Waals surface area (Å²) in [5, 5.41) is 10.9. The maximum absolute atomic E-state index is 13.3. The number of halogens is 1. The van der Waals surface area contributed by atoms with Gasteiger partial charge in [-0.05, 0) is 42.0 Å². The number of sulfonamides is 1. The third-order valence-electron chi connectivity index (χ3n) is 8.20. The summed E-state index contributed by atoms with van der Waals surface area (Å²) < 4.78 is 28.8. The van der Waals surface area contributed by atoms with E-state index in [0.717, 1.165) is 10.9 Å². The number of nitrogens with two attached hydrogens (primary N) is 2. The molecule has 0 saturated carbocycles. The van der Waals surface area contributed by atoms with Gasteiger partial charge in [-0.25, -0.2) is 23.1 Å². The average Bonchev–Trinajstić information content (AvgIpc) is 3.43. The Bertz CT molecular complexity index is 1880. The van der Waals surface area contributed by atoms with E-state index in [-0.39, 0.29) is 45.4 Å². The zero-order valence-corrected chi connectivity index (χ0v) is 25.7. The number of aromatic nitrogens is 2. The van der Waals surface area contributed by atoms with E-state index in [1.165, 1.54) is 0 Å². The molecule has 0 bridgehead atoms. The van der Waals surface area contributed by atoms with E-state index in [0.29, 0.717) is 43.4 Å². The highest BCUT2D eigenvalue weighted by molar-refractivity contribution is 7.89. The number of hydrogen-bond donors (Lipinski definition) is 6. The second kappa shape index (κ2) is 12.2. The molecule has 13 nitrogen and oxygen atoms in total. The number of fused-ring (bicyclic) bond motifs is 1. The number of rotatable bonds is 7. The molecule has 0 radical (unpaired) electrons. The molecule has 3 aromatic carbocycles. The number of benzene rings is 3. The molecule has 234 valence electrons. The van der Waals surface area contributed by atoms with Gasteiger partial charge in [0.05, 0.1) is 4.90 Å². The molecule has 1 unspecified atom stereocenters. The Balaban J connectivity index is 1.01. The number of nitrogens with one attached hydrogen (secondary N) is 4. The van der Waals surface area contributed by atoms with E-state index < -0.39 is 22.2 Å². The number of nitrogens with zero attached hydrogens (tertiary/aromatic N) is 3. The number of nitrogen functional groups attached to an aromatic ring is 2. The van der Waals surface area contributed by atoms with Gasteiger partial charge >= 0.3 is 0 Å². The highest BCUT2D eigenvalue weighted by atomic mass is 35.5. The van der Waals surface area contributed by atoms with Crippen LogP contribution in [0.15, 0.2) is 71.6 Å². The fraction of sp³-hybridized carbons (Fsp3) is 0.267. The summed E-state index contributed by atoms with van der Waals surface area (Å²) in [7, 11) is -3.75. The molecule has 2 aliphatic heterocycles. The Hall–Kier alpha value is -4.34. The SMILES string of the molecule is Nc1nc(N)c(C(=O)NC2NCC3(CCN(C(=O)c4ccc(CNS(=O)(=O)c5cccc6ccccc56)cc4)CC3)N2)nc1Cl. The Labute approximate surface area is 264 Å². The topological polar surface area (TPSA) is 197 Å². The number of carbonyl (C=O) groups is 2. The van der Waals surface area contributed by atoms with Crippen molar-refractivity contribution in [2.75, 3.05) is 31.1 Å². The van der Waals surface area contributed by atoms with Gasteiger partial charge in [0.1, 0.15) is 6.29 Å². The Morgan fingerprint density at radius 3 is 2.44 bits per heavy atom. The van der Waals surface area contributed by atoms with E-state index in [2.05, 4.69) is 30.6 Å². The normalized spacial score (nSPS) is 17.9. The fourth-order valence-electron chi connectivity index (χ4n) is 5.69. The predicted octanol–water partition coefficient (Wildman–Crippen LogP) is 1.81. The summed E-state index contributed by atoms with van der Waals surface area (Å²) in [6.45, 7) is 1.72. The molecule has 2 saturated heterocycles. The molecule has 0 aliphatic carbocycles. The molecule has 8 N–H and O–H groups in total. The van der Waals surface area contributed by atoms with Crippen molar-refractivity contribution in [2.24, 2.45) is 0 Å². The minimum Gasteiger partial charge on any atom is -0.382 e. The molecule has 45 heavy (non-hydrogen) atoms. The smallest absolute Gasteiger partial charge is 0.276 e. The van der Waals surface area contributed by atoms with Crippen LogP contribution in [0.1, 0.15) is 39.3 Å². The zero-order valence-electron chi connectivity index (χ0n) is 24.1. The maximum Gasteiger partial charge on any atom is 0.276 e. The van der Waals surface area contributed by atoms with Crippen molar-refractivity contribution in [1.82, 2.24) is 35.5 Å². The van der Waals surface area contributed by atoms with Crippen LogP contribution in [0.2, 0.25) is 5.15 Å². The van der Waals surface area contributed by atoms with Crippen LogP contribution in [0.4, 0.5) is 11.6 Å². The molecule has 2 aliphatic rings. The first-order valence-corrected chi connectivity index (χ1v) is 16.2. The highest BCUT2D eigenvalue weighted by Crippen LogP contribution is 2.27. The fourth-order valence-corrected chi connectivity index (χ4v) is 7.07. The van der Waals surface area contributed by atoms with Crippen LogP contribution in [0.5, 0.6) is 0 Å². The monoisotopic (exact) mass is 649 g/mol. The van der Waals surface area contributed by atoms with E-state index in [1.54, 1.807) is 47.4 Å². The van der Waals surface area contributed by atoms with Crippen LogP contribution in [-0.2, 0) is 16.6 Å². The average molecular weight is 650 g/mol. The highest BCUT2D eigenvalue weighted by Gasteiger charge is 2.42. The molecular formula is C30H32ClN9O4S. The van der Waals surface area contributed by atoms with Gasteiger partial charge in [-0.1, -0.05) is 60.1 Å². The molecule has 1 aromatic heterocycles. The second-order valence-corrected chi connectivity index (χ2v) is 13.2. The van der Waals surface area contributed by atoms with Crippen molar-refractivity contribution in [2.45, 2.75) is 36.1 Å². The van der Waals surface area contributed by atoms with Gasteiger partial charge in [-0.2, -0.15) is 0 Å². The van der Waals surface area contributed by atoms with Gasteiger partial charge < -0.3 is 21.7 Å². The summed E-state index contributed by atoms with van der Waals surface area (Å²) in [4.78, 5) is 35.8. The number of piperidine rings is 1. The number of amides is 2. The third-order valence-corrected chi connectivity index (χ3v) is 9.94. The van der Waals surface area contributed by atoms with Gasteiger partial charge in [0, 0.05) is 42.7 Å². The zero-order chi connectivity index (χ0) is 31.8. The summed E-state index contributed by atoms with van der Waals surface area (Å²) >= 11 is 5.90. The molecule has 3 heterocycles. The van der Waals surface area contributed by atoms with Gasteiger partial charge in [0.2, 0.25) is 10.0 Å². The van der Waals surface area contributed by atoms with Crippen molar-refractivity contribution >= 4 is 55.8 Å². The van der Waals surface area contributed by atoms with E-state index in [1.807, 2.05) is 24.3 Å². The van der Waals surface area contributed by atoms with Crippen molar-refractivity contribution in [3.63, 3.8) is 0 Å². The molecular weight excluding hydrogens is 618 g/mol. The summed E-state index contributed by atoms with van der Waals surface area (Å²) in [6, 6.07) is 19.5. The molecule has 4 aromatic rings. The standard InChI is InChI=1S/C30H32ClN9O4S/c31-24-26(33)37-25(32)23(36-24)27(41)38-29-34-17-30(39-29)12-14-40(15-13-30)28(42)20-10-8-18(9-11-20)16-35-45(43,44)22-7-3-5-19-4-1-2-6-21(19)22/h1-11,29,34-35,39H,12-17H2,(H,38,41)(H4,32,33,37). The van der Waals surface area contributed by atoms with Crippen LogP contribution in [0.25, 0.3) is 10.8 Å². The van der Waals surface area contributed by atoms with Crippen molar-refractivity contribution in [3.8, 4) is 0 Å². The molecule has 6 rings (SSSR count). The van der Waals surface area contributed by atoms with Crippen molar-refractivity contribution in [1.29, 1.82) is 0 Å². The Kier molecular flexibility index (Phi) is 8.33. The predicted molar refractivity (Wildman–Crippen MR) is 171 cm³/mol. The molecule has 2 fully saturated rings. The number of anilines is 2. The Morgan fingerprint density at radius 2 is 1.69 bits per heavy atom. The van der Waals surface area contributed by atoms with Crippen LogP contribution in [0.3, 0.4) is 0 Å². The minimum atomic E-state index is -3.75. The second-order valence-electron chi connectivity index (χ2n) is 11.1. The molecule has 2 amide bonds. The first-order chi connectivity index (χ1) is 21.5. The lowest BCUT2D eigenvalue weighted by molar-refractivity contribution is 0.0660. The maximum atomic E-state index is 13.3. The lowest BCUT2D eigenvalue weighted by Gasteiger charge is -2.39. The van der Waals surface area contributed by atoms with Gasteiger partial charge in [-0.3, -0.25) is 20.2 Å². The number of hydrogen-bond acceptors (Lipinski definition) is 10. The van der Waals surface area contributed by atoms with Crippen LogP contribution in [0, 0.1) is 0 Å². The van der Waals surface area contributed by atoms with E-state index in [4.69, 9.17) is 23.1 Å². The van der Waals surface area contributed by atoms with Crippen LogP contribution >= 0.6 is 11.6 Å². The number of carbonyl (C=O) groups excluding carboxylic acids is 2. The molecule has 1 atom stereocenters. The van der Waals surface area contributed by atoms with Gasteiger partial charge in [0.25, 0.3) is 11.8 Å². The molecule has 15 heteroatoms. The van der Waals surface area contributed by atoms with Gasteiger partial charge in [-0.15, -0.1) is 0 Å². The largest absolute Gasteiger partial charge is 0.382 e. The lowest BCUT2D eigenvalue weighted by Crippen LogP contribution is -2.57. The summed E-state index contributed by atoms with van der Waals surface area (Å²) in [6.07, 6.45) is 0.798. The minimum absolute atomic E-state index is 0.0562. The first kappa shape index (κ1) is 30.7. The first-order valence-electron chi connectivity index (χ1n) is 14.3. The number of likely N-dealkylation sites (tertiary alicyclic amines) is 1. The Morgan fingerprint density at radius 1 is 0.978 bits per heavy atom. The van der Waals surface area contributed by atoms with Crippen molar-refractivity contribution in [3.05, 3.63) is 88.7 Å². The van der Waals surface area contributed by atoms with E-state index >= 15 is 0 Å². The summed E-state index contributed by atoms with van der Waals surface area (Å²) in [5.74, 6) is -0.831. The van der Waals surface area contributed by atoms with E-state index in [9.17, 15) is 18.0 Å². The van der Waals surface area contributed by atoms with Crippen LogP contribution < -0.4 is 32.1 Å². The summed E-state index contributed by atoms with van der Waals surface area (Å²) in [5.41, 5.74) is 12.2. The van der Waals surface area contributed by atoms with Crippen molar-refractivity contribution < 1.29 is 18.0 Å². The molecule has 1 spiro atoms. The third kappa shape index (κ3) is 6.41. The van der Waals surface area contributed by atoms with Crippen LogP contribution in [-0.4, -0.2) is 66.6 Å². The van der Waals surface area contributed by atoms with Gasteiger partial charge in [0.15, 0.2) is 22.5 Å².